The Morgan fingerprint density at radius 3 is 2.76 bits per heavy atom. The summed E-state index contributed by atoms with van der Waals surface area (Å²) in [5, 5.41) is 6.54. The molecule has 1 fully saturated rings. The quantitative estimate of drug-likeness (QED) is 0.597. The molecule has 1 saturated heterocycles. The van der Waals surface area contributed by atoms with Gasteiger partial charge in [0, 0.05) is 19.3 Å². The SMILES string of the molecule is C[C@H]1CCCN(C(=O)COC(=O)c2cn(-c3ccccc3)nc2-c2cccs2)C1. The second-order valence-corrected chi connectivity index (χ2v) is 8.26. The van der Waals surface area contributed by atoms with Gasteiger partial charge in [0.1, 0.15) is 11.3 Å². The van der Waals surface area contributed by atoms with Crippen molar-refractivity contribution < 1.29 is 14.3 Å². The summed E-state index contributed by atoms with van der Waals surface area (Å²) in [5.41, 5.74) is 1.77. The van der Waals surface area contributed by atoms with Crippen molar-refractivity contribution in [1.82, 2.24) is 14.7 Å². The van der Waals surface area contributed by atoms with Crippen LogP contribution in [0.4, 0.5) is 0 Å². The van der Waals surface area contributed by atoms with Crippen LogP contribution in [-0.2, 0) is 9.53 Å². The predicted molar refractivity (Wildman–Crippen MR) is 112 cm³/mol. The highest BCUT2D eigenvalue weighted by Crippen LogP contribution is 2.28. The number of amides is 1. The molecule has 3 aromatic rings. The van der Waals surface area contributed by atoms with E-state index in [2.05, 4.69) is 12.0 Å². The number of likely N-dealkylation sites (tertiary alicyclic amines) is 1. The number of carbonyl (C=O) groups excluding carboxylic acids is 2. The minimum Gasteiger partial charge on any atom is -0.452 e. The van der Waals surface area contributed by atoms with Gasteiger partial charge in [-0.1, -0.05) is 31.2 Å². The van der Waals surface area contributed by atoms with Gasteiger partial charge in [0.15, 0.2) is 6.61 Å². The molecule has 1 aliphatic heterocycles. The second-order valence-electron chi connectivity index (χ2n) is 7.31. The van der Waals surface area contributed by atoms with Crippen LogP contribution in [0.15, 0.2) is 54.0 Å². The first kappa shape index (κ1) is 19.4. The maximum atomic E-state index is 12.8. The van der Waals surface area contributed by atoms with Crippen molar-refractivity contribution in [2.75, 3.05) is 19.7 Å². The normalized spacial score (nSPS) is 16.6. The average Bonchev–Trinajstić information content (AvgIpc) is 3.42. The molecule has 3 heterocycles. The number of esters is 1. The third-order valence-corrected chi connectivity index (χ3v) is 5.92. The van der Waals surface area contributed by atoms with Crippen LogP contribution in [0, 0.1) is 5.92 Å². The van der Waals surface area contributed by atoms with Crippen molar-refractivity contribution in [3.05, 3.63) is 59.6 Å². The first-order valence-electron chi connectivity index (χ1n) is 9.75. The number of carbonyl (C=O) groups is 2. The maximum absolute atomic E-state index is 12.8. The van der Waals surface area contributed by atoms with Gasteiger partial charge in [0.25, 0.3) is 5.91 Å². The lowest BCUT2D eigenvalue weighted by Gasteiger charge is -2.30. The molecular formula is C22H23N3O3S. The number of ether oxygens (including phenoxy) is 1. The van der Waals surface area contributed by atoms with Crippen LogP contribution in [0.3, 0.4) is 0 Å². The fourth-order valence-corrected chi connectivity index (χ4v) is 4.27. The highest BCUT2D eigenvalue weighted by Gasteiger charge is 2.24. The van der Waals surface area contributed by atoms with Crippen LogP contribution in [-0.4, -0.2) is 46.3 Å². The molecule has 4 rings (SSSR count). The zero-order chi connectivity index (χ0) is 20.2. The number of benzene rings is 1. The van der Waals surface area contributed by atoms with E-state index in [0.717, 1.165) is 36.5 Å². The van der Waals surface area contributed by atoms with Crippen molar-refractivity contribution in [2.24, 2.45) is 5.92 Å². The van der Waals surface area contributed by atoms with Crippen molar-refractivity contribution in [2.45, 2.75) is 19.8 Å². The summed E-state index contributed by atoms with van der Waals surface area (Å²) < 4.78 is 7.05. The van der Waals surface area contributed by atoms with Crippen molar-refractivity contribution in [1.29, 1.82) is 0 Å². The van der Waals surface area contributed by atoms with Gasteiger partial charge < -0.3 is 9.64 Å². The Kier molecular flexibility index (Phi) is 5.76. The van der Waals surface area contributed by atoms with E-state index >= 15 is 0 Å². The second kappa shape index (κ2) is 8.61. The van der Waals surface area contributed by atoms with E-state index in [9.17, 15) is 9.59 Å². The van der Waals surface area contributed by atoms with Gasteiger partial charge in [0.2, 0.25) is 0 Å². The molecule has 0 spiro atoms. The number of piperidine rings is 1. The lowest BCUT2D eigenvalue weighted by Crippen LogP contribution is -2.41. The van der Waals surface area contributed by atoms with Crippen LogP contribution in [0.5, 0.6) is 0 Å². The molecule has 1 aliphatic rings. The summed E-state index contributed by atoms with van der Waals surface area (Å²) in [4.78, 5) is 27.9. The summed E-state index contributed by atoms with van der Waals surface area (Å²) in [5.74, 6) is -0.190. The highest BCUT2D eigenvalue weighted by atomic mass is 32.1. The third kappa shape index (κ3) is 4.40. The Hall–Kier alpha value is -2.93. The molecule has 0 unspecified atom stereocenters. The van der Waals surface area contributed by atoms with Crippen molar-refractivity contribution >= 4 is 23.2 Å². The van der Waals surface area contributed by atoms with Crippen LogP contribution in [0.1, 0.15) is 30.1 Å². The molecule has 1 atom stereocenters. The molecule has 1 amide bonds. The van der Waals surface area contributed by atoms with Gasteiger partial charge in [-0.2, -0.15) is 5.10 Å². The first-order valence-corrected chi connectivity index (χ1v) is 10.6. The number of nitrogens with zero attached hydrogens (tertiary/aromatic N) is 3. The Morgan fingerprint density at radius 2 is 2.03 bits per heavy atom. The molecule has 0 aliphatic carbocycles. The molecule has 0 radical (unpaired) electrons. The van der Waals surface area contributed by atoms with E-state index < -0.39 is 5.97 Å². The minimum absolute atomic E-state index is 0.141. The molecule has 7 heteroatoms. The predicted octanol–water partition coefficient (Wildman–Crippen LogP) is 4.02. The molecule has 6 nitrogen and oxygen atoms in total. The van der Waals surface area contributed by atoms with E-state index in [1.807, 2.05) is 47.8 Å². The summed E-state index contributed by atoms with van der Waals surface area (Å²) in [6, 6.07) is 13.4. The number of thiophene rings is 1. The Morgan fingerprint density at radius 1 is 1.21 bits per heavy atom. The summed E-state index contributed by atoms with van der Waals surface area (Å²) in [6.45, 7) is 3.35. The third-order valence-electron chi connectivity index (χ3n) is 5.05. The van der Waals surface area contributed by atoms with Crippen LogP contribution >= 0.6 is 11.3 Å². The van der Waals surface area contributed by atoms with Gasteiger partial charge in [-0.05, 0) is 42.3 Å². The molecule has 0 bridgehead atoms. The van der Waals surface area contributed by atoms with Crippen molar-refractivity contribution in [3.63, 3.8) is 0 Å². The molecule has 0 saturated carbocycles. The molecule has 1 aromatic carbocycles. The van der Waals surface area contributed by atoms with Gasteiger partial charge in [-0.15, -0.1) is 11.3 Å². The van der Waals surface area contributed by atoms with Gasteiger partial charge >= 0.3 is 5.97 Å². The zero-order valence-corrected chi connectivity index (χ0v) is 17.1. The standard InChI is InChI=1S/C22H23N3O3S/c1-16-7-5-11-24(13-16)20(26)15-28-22(27)18-14-25(17-8-3-2-4-9-17)23-21(18)19-10-6-12-29-19/h2-4,6,8-10,12,14,16H,5,7,11,13,15H2,1H3/t16-/m0/s1. The van der Waals surface area contributed by atoms with Gasteiger partial charge in [0.05, 0.1) is 10.6 Å². The van der Waals surface area contributed by atoms with Crippen LogP contribution in [0.25, 0.3) is 16.3 Å². The topological polar surface area (TPSA) is 64.4 Å². The van der Waals surface area contributed by atoms with Crippen LogP contribution < -0.4 is 0 Å². The zero-order valence-electron chi connectivity index (χ0n) is 16.3. The molecular weight excluding hydrogens is 386 g/mol. The lowest BCUT2D eigenvalue weighted by atomic mass is 10.0. The summed E-state index contributed by atoms with van der Waals surface area (Å²) in [7, 11) is 0. The van der Waals surface area contributed by atoms with Crippen molar-refractivity contribution in [3.8, 4) is 16.3 Å². The lowest BCUT2D eigenvalue weighted by molar-refractivity contribution is -0.136. The molecule has 29 heavy (non-hydrogen) atoms. The van der Waals surface area contributed by atoms with E-state index in [0.29, 0.717) is 17.2 Å². The largest absolute Gasteiger partial charge is 0.452 e. The Bertz CT molecular complexity index is 982. The number of rotatable bonds is 5. The van der Waals surface area contributed by atoms with E-state index in [1.165, 1.54) is 11.3 Å². The number of para-hydroxylation sites is 1. The van der Waals surface area contributed by atoms with E-state index in [4.69, 9.17) is 4.74 Å². The minimum atomic E-state index is -0.533. The highest BCUT2D eigenvalue weighted by molar-refractivity contribution is 7.13. The first-order chi connectivity index (χ1) is 14.1. The Labute approximate surface area is 173 Å². The summed E-state index contributed by atoms with van der Waals surface area (Å²) >= 11 is 1.50. The number of hydrogen-bond donors (Lipinski definition) is 0. The fourth-order valence-electron chi connectivity index (χ4n) is 3.54. The van der Waals surface area contributed by atoms with E-state index in [1.54, 1.807) is 15.8 Å². The van der Waals surface area contributed by atoms with E-state index in [-0.39, 0.29) is 12.5 Å². The monoisotopic (exact) mass is 409 g/mol. The average molecular weight is 410 g/mol. The number of aromatic nitrogens is 2. The fraction of sp³-hybridized carbons (Fsp3) is 0.318. The molecule has 2 aromatic heterocycles. The maximum Gasteiger partial charge on any atom is 0.342 e. The smallest absolute Gasteiger partial charge is 0.342 e. The summed E-state index contributed by atoms with van der Waals surface area (Å²) in [6.07, 6.45) is 3.79. The van der Waals surface area contributed by atoms with Gasteiger partial charge in [-0.25, -0.2) is 9.48 Å². The van der Waals surface area contributed by atoms with Gasteiger partial charge in [-0.3, -0.25) is 4.79 Å². The molecule has 0 N–H and O–H groups in total. The molecule has 150 valence electrons. The van der Waals surface area contributed by atoms with Crippen LogP contribution in [0.2, 0.25) is 0 Å². The number of hydrogen-bond acceptors (Lipinski definition) is 5. The Balaban J connectivity index is 1.53.